The van der Waals surface area contributed by atoms with Crippen LogP contribution in [0.25, 0.3) is 16.7 Å². The van der Waals surface area contributed by atoms with Gasteiger partial charge in [-0.15, -0.1) is 5.10 Å². The van der Waals surface area contributed by atoms with Gasteiger partial charge >= 0.3 is 0 Å². The van der Waals surface area contributed by atoms with Gasteiger partial charge in [-0.3, -0.25) is 15.0 Å². The third-order valence-electron chi connectivity index (χ3n) is 4.92. The van der Waals surface area contributed by atoms with Crippen LogP contribution in [-0.4, -0.2) is 57.1 Å². The van der Waals surface area contributed by atoms with Crippen molar-refractivity contribution in [1.82, 2.24) is 24.3 Å². The van der Waals surface area contributed by atoms with Crippen molar-refractivity contribution < 1.29 is 19.0 Å². The van der Waals surface area contributed by atoms with Gasteiger partial charge in [0, 0.05) is 31.7 Å². The van der Waals surface area contributed by atoms with E-state index in [1.54, 1.807) is 6.07 Å². The summed E-state index contributed by atoms with van der Waals surface area (Å²) in [6.07, 6.45) is 3.75. The normalized spacial score (nSPS) is 13.2. The average Bonchev–Trinajstić information content (AvgIpc) is 3.09. The van der Waals surface area contributed by atoms with Crippen LogP contribution in [0, 0.1) is 0 Å². The second kappa shape index (κ2) is 9.08. The van der Waals surface area contributed by atoms with Crippen LogP contribution >= 0.6 is 11.8 Å². The van der Waals surface area contributed by atoms with Gasteiger partial charge in [0.25, 0.3) is 17.2 Å². The minimum atomic E-state index is -0.442. The quantitative estimate of drug-likeness (QED) is 0.421. The van der Waals surface area contributed by atoms with Gasteiger partial charge in [-0.1, -0.05) is 17.8 Å². The van der Waals surface area contributed by atoms with Crippen LogP contribution in [-0.2, 0) is 15.3 Å². The first-order chi connectivity index (χ1) is 16.1. The van der Waals surface area contributed by atoms with E-state index in [-0.39, 0.29) is 6.61 Å². The van der Waals surface area contributed by atoms with Gasteiger partial charge < -0.3 is 14.2 Å². The monoisotopic (exact) mass is 468 g/mol. The van der Waals surface area contributed by atoms with Crippen molar-refractivity contribution >= 4 is 34.3 Å². The van der Waals surface area contributed by atoms with Crippen molar-refractivity contribution in [3.8, 4) is 11.5 Å². The van der Waals surface area contributed by atoms with E-state index in [2.05, 4.69) is 20.5 Å². The molecule has 12 heteroatoms. The molecule has 3 aromatic heterocycles. The van der Waals surface area contributed by atoms with Crippen LogP contribution < -0.4 is 20.5 Å². The smallest absolute Gasteiger partial charge is 0.280 e. The molecule has 1 aliphatic rings. The number of carbonyl (C=O) groups excluding carboxylic acids is 1. The Labute approximate surface area is 191 Å². The minimum Gasteiger partial charge on any atom is -0.490 e. The highest BCUT2D eigenvalue weighted by atomic mass is 32.2. The average molecular weight is 468 g/mol. The lowest BCUT2D eigenvalue weighted by molar-refractivity contribution is -0.120. The lowest BCUT2D eigenvalue weighted by Crippen LogP contribution is -2.34. The van der Waals surface area contributed by atoms with Crippen LogP contribution in [0.5, 0.6) is 11.5 Å². The molecule has 5 rings (SSSR count). The summed E-state index contributed by atoms with van der Waals surface area (Å²) < 4.78 is 18.8. The maximum absolute atomic E-state index is 12.7. The first-order valence-electron chi connectivity index (χ1n) is 10.2. The number of hydrogen-bond donors (Lipinski definition) is 1. The van der Waals surface area contributed by atoms with Crippen LogP contribution in [0.3, 0.4) is 0 Å². The molecule has 1 aromatic carbocycles. The lowest BCUT2D eigenvalue weighted by Gasteiger charge is -2.08. The standard InChI is InChI=1S/C21H20N6O5S/c1-30-11-18(28)24-26-6-5-15-14(19(26)29)10-22-20-23-21(25-27(15)20)33-12-13-3-4-16-17(9-13)32-8-2-7-31-16/h3-6,9-10H,2,7-8,11-12H2,1H3,(H,24,28). The van der Waals surface area contributed by atoms with Crippen molar-refractivity contribution in [3.63, 3.8) is 0 Å². The summed E-state index contributed by atoms with van der Waals surface area (Å²) in [5.74, 6) is 2.07. The van der Waals surface area contributed by atoms with E-state index in [1.807, 2.05) is 18.2 Å². The number of methoxy groups -OCH3 is 1. The highest BCUT2D eigenvalue weighted by molar-refractivity contribution is 7.98. The second-order valence-electron chi connectivity index (χ2n) is 7.24. The molecule has 0 aliphatic carbocycles. The number of ether oxygens (including phenoxy) is 3. The zero-order valence-electron chi connectivity index (χ0n) is 17.7. The molecular formula is C21H20N6O5S. The number of carbonyl (C=O) groups is 1. The Bertz CT molecular complexity index is 1400. The van der Waals surface area contributed by atoms with Crippen molar-refractivity contribution in [2.75, 3.05) is 32.4 Å². The predicted octanol–water partition coefficient (Wildman–Crippen LogP) is 1.61. The SMILES string of the molecule is COCC(=O)Nn1ccc2c(cnc3nc(SCc4ccc5c(c4)OCCCO5)nn32)c1=O. The molecule has 0 unspecified atom stereocenters. The number of nitrogens with one attached hydrogen (secondary N) is 1. The van der Waals surface area contributed by atoms with Gasteiger partial charge in [-0.25, -0.2) is 9.66 Å². The van der Waals surface area contributed by atoms with Crippen molar-refractivity contribution in [3.05, 3.63) is 52.6 Å². The summed E-state index contributed by atoms with van der Waals surface area (Å²) >= 11 is 1.45. The van der Waals surface area contributed by atoms with E-state index in [0.717, 1.165) is 28.2 Å². The maximum Gasteiger partial charge on any atom is 0.280 e. The van der Waals surface area contributed by atoms with Gasteiger partial charge in [-0.05, 0) is 23.8 Å². The van der Waals surface area contributed by atoms with Gasteiger partial charge in [-0.2, -0.15) is 9.50 Å². The van der Waals surface area contributed by atoms with E-state index < -0.39 is 11.5 Å². The van der Waals surface area contributed by atoms with Gasteiger partial charge in [0.05, 0.1) is 24.1 Å². The Morgan fingerprint density at radius 3 is 2.94 bits per heavy atom. The first kappa shape index (κ1) is 21.2. The molecular weight excluding hydrogens is 448 g/mol. The lowest BCUT2D eigenvalue weighted by atomic mass is 10.2. The number of hydrogen-bond acceptors (Lipinski definition) is 9. The summed E-state index contributed by atoms with van der Waals surface area (Å²) in [5.41, 5.74) is 3.63. The Hall–Kier alpha value is -3.64. The highest BCUT2D eigenvalue weighted by Gasteiger charge is 2.14. The fraction of sp³-hybridized carbons (Fsp3) is 0.286. The van der Waals surface area contributed by atoms with E-state index in [1.165, 1.54) is 35.8 Å². The molecule has 0 atom stereocenters. The third-order valence-corrected chi connectivity index (χ3v) is 5.82. The Morgan fingerprint density at radius 2 is 2.09 bits per heavy atom. The zero-order chi connectivity index (χ0) is 22.8. The fourth-order valence-electron chi connectivity index (χ4n) is 3.39. The molecule has 0 spiro atoms. The molecule has 4 aromatic rings. The number of rotatable bonds is 6. The maximum atomic E-state index is 12.7. The number of nitrogens with zero attached hydrogens (tertiary/aromatic N) is 5. The minimum absolute atomic E-state index is 0.158. The van der Waals surface area contributed by atoms with E-state index >= 15 is 0 Å². The van der Waals surface area contributed by atoms with Crippen molar-refractivity contribution in [2.24, 2.45) is 0 Å². The summed E-state index contributed by atoms with van der Waals surface area (Å²) in [7, 11) is 1.40. The summed E-state index contributed by atoms with van der Waals surface area (Å²) in [5, 5.41) is 5.34. The van der Waals surface area contributed by atoms with Crippen molar-refractivity contribution in [1.29, 1.82) is 0 Å². The molecule has 0 saturated carbocycles. The number of benzene rings is 1. The molecule has 4 heterocycles. The van der Waals surface area contributed by atoms with Gasteiger partial charge in [0.15, 0.2) is 11.5 Å². The fourth-order valence-corrected chi connectivity index (χ4v) is 4.15. The molecule has 0 saturated heterocycles. The molecule has 170 valence electrons. The Balaban J connectivity index is 1.38. The summed E-state index contributed by atoms with van der Waals surface area (Å²) in [6, 6.07) is 7.55. The number of fused-ring (bicyclic) bond motifs is 4. The molecule has 1 aliphatic heterocycles. The first-order valence-corrected chi connectivity index (χ1v) is 11.2. The van der Waals surface area contributed by atoms with Crippen LogP contribution in [0.15, 0.2) is 46.6 Å². The van der Waals surface area contributed by atoms with E-state index in [4.69, 9.17) is 14.2 Å². The topological polar surface area (TPSA) is 122 Å². The number of pyridine rings is 1. The molecule has 1 amide bonds. The summed E-state index contributed by atoms with van der Waals surface area (Å²) in [6.45, 7) is 1.13. The third kappa shape index (κ3) is 4.34. The zero-order valence-corrected chi connectivity index (χ0v) is 18.5. The van der Waals surface area contributed by atoms with Crippen molar-refractivity contribution in [2.45, 2.75) is 17.3 Å². The second-order valence-corrected chi connectivity index (χ2v) is 8.18. The van der Waals surface area contributed by atoms with Gasteiger partial charge in [0.1, 0.15) is 6.61 Å². The van der Waals surface area contributed by atoms with Crippen LogP contribution in [0.2, 0.25) is 0 Å². The molecule has 0 radical (unpaired) electrons. The predicted molar refractivity (Wildman–Crippen MR) is 120 cm³/mol. The number of amides is 1. The number of thioether (sulfide) groups is 1. The number of aromatic nitrogens is 5. The Morgan fingerprint density at radius 1 is 1.24 bits per heavy atom. The van der Waals surface area contributed by atoms with Crippen LogP contribution in [0.1, 0.15) is 12.0 Å². The summed E-state index contributed by atoms with van der Waals surface area (Å²) in [4.78, 5) is 33.2. The molecule has 33 heavy (non-hydrogen) atoms. The molecule has 11 nitrogen and oxygen atoms in total. The molecule has 0 fully saturated rings. The largest absolute Gasteiger partial charge is 0.490 e. The highest BCUT2D eigenvalue weighted by Crippen LogP contribution is 2.32. The van der Waals surface area contributed by atoms with Crippen LogP contribution in [0.4, 0.5) is 0 Å². The van der Waals surface area contributed by atoms with E-state index in [9.17, 15) is 9.59 Å². The van der Waals surface area contributed by atoms with Gasteiger partial charge in [0.2, 0.25) is 5.16 Å². The molecule has 0 bridgehead atoms. The van der Waals surface area contributed by atoms with E-state index in [0.29, 0.717) is 40.8 Å². The Kier molecular flexibility index (Phi) is 5.84. The molecule has 1 N–H and O–H groups in total.